The van der Waals surface area contributed by atoms with E-state index in [1.54, 1.807) is 12.1 Å². The summed E-state index contributed by atoms with van der Waals surface area (Å²) in [5.74, 6) is -1.61. The second kappa shape index (κ2) is 10.3. The number of amides is 1. The van der Waals surface area contributed by atoms with E-state index in [0.717, 1.165) is 11.1 Å². The van der Waals surface area contributed by atoms with Crippen molar-refractivity contribution in [1.82, 2.24) is 5.32 Å². The highest BCUT2D eigenvalue weighted by Gasteiger charge is 2.34. The van der Waals surface area contributed by atoms with Crippen molar-refractivity contribution in [2.75, 3.05) is 17.2 Å². The number of carbonyl (C=O) groups is 3. The number of aliphatic carboxylic acids is 2. The smallest absolute Gasteiger partial charge is 0.323 e. The molecule has 0 saturated carbocycles. The minimum absolute atomic E-state index is 0.292. The van der Waals surface area contributed by atoms with Gasteiger partial charge in [-0.3, -0.25) is 24.6 Å². The molecule has 3 rings (SSSR count). The molecule has 30 heavy (non-hydrogen) atoms. The first kappa shape index (κ1) is 21.9. The van der Waals surface area contributed by atoms with E-state index in [1.807, 2.05) is 42.5 Å². The molecule has 0 unspecified atom stereocenters. The number of anilines is 1. The van der Waals surface area contributed by atoms with Gasteiger partial charge in [-0.25, -0.2) is 0 Å². The number of carboxylic acids is 2. The van der Waals surface area contributed by atoms with Crippen molar-refractivity contribution in [2.24, 2.45) is 0 Å². The molecule has 0 radical (unpaired) electrons. The highest BCUT2D eigenvalue weighted by atomic mass is 32.2. The molecule has 1 aliphatic heterocycles. The van der Waals surface area contributed by atoms with Crippen LogP contribution in [0.15, 0.2) is 54.6 Å². The molecule has 0 spiro atoms. The Kier molecular flexibility index (Phi) is 7.48. The Bertz CT molecular complexity index is 905. The fourth-order valence-electron chi connectivity index (χ4n) is 3.47. The second-order valence-electron chi connectivity index (χ2n) is 7.10. The van der Waals surface area contributed by atoms with Crippen molar-refractivity contribution in [3.63, 3.8) is 0 Å². The van der Waals surface area contributed by atoms with Crippen molar-refractivity contribution in [2.45, 2.75) is 30.7 Å². The summed E-state index contributed by atoms with van der Waals surface area (Å²) < 4.78 is 0. The van der Waals surface area contributed by atoms with Gasteiger partial charge in [0.2, 0.25) is 5.91 Å². The number of carboxylic acid groups (broad SMARTS) is 2. The van der Waals surface area contributed by atoms with Gasteiger partial charge in [0, 0.05) is 17.2 Å². The van der Waals surface area contributed by atoms with Crippen LogP contribution in [-0.4, -0.2) is 52.4 Å². The van der Waals surface area contributed by atoms with Crippen molar-refractivity contribution in [1.29, 1.82) is 0 Å². The molecule has 0 aromatic heterocycles. The first-order chi connectivity index (χ1) is 14.5. The SMILES string of the molecule is O=C(O)CN1C(=O)[C@@H](N[C@@H](CSCc2ccccc2)C(=O)O)CCc2ccccc21. The zero-order chi connectivity index (χ0) is 21.5. The topological polar surface area (TPSA) is 107 Å². The van der Waals surface area contributed by atoms with Crippen molar-refractivity contribution in [3.8, 4) is 0 Å². The highest BCUT2D eigenvalue weighted by Crippen LogP contribution is 2.27. The zero-order valence-corrected chi connectivity index (χ0v) is 17.2. The van der Waals surface area contributed by atoms with Gasteiger partial charge in [-0.1, -0.05) is 48.5 Å². The Labute approximate surface area is 179 Å². The van der Waals surface area contributed by atoms with E-state index in [-0.39, 0.29) is 0 Å². The molecular weight excluding hydrogens is 404 g/mol. The molecule has 0 bridgehead atoms. The van der Waals surface area contributed by atoms with Gasteiger partial charge < -0.3 is 10.2 Å². The summed E-state index contributed by atoms with van der Waals surface area (Å²) in [4.78, 5) is 37.5. The van der Waals surface area contributed by atoms with Gasteiger partial charge >= 0.3 is 11.9 Å². The number of benzene rings is 2. The predicted octanol–water partition coefficient (Wildman–Crippen LogP) is 2.40. The van der Waals surface area contributed by atoms with Crippen LogP contribution in [-0.2, 0) is 26.6 Å². The molecule has 2 atom stereocenters. The van der Waals surface area contributed by atoms with E-state index in [9.17, 15) is 24.6 Å². The first-order valence-corrected chi connectivity index (χ1v) is 10.8. The van der Waals surface area contributed by atoms with Gasteiger partial charge in [0.05, 0.1) is 6.04 Å². The summed E-state index contributed by atoms with van der Waals surface area (Å²) in [6.45, 7) is -0.464. The summed E-state index contributed by atoms with van der Waals surface area (Å²) in [5.41, 5.74) is 2.54. The average Bonchev–Trinajstić information content (AvgIpc) is 2.85. The van der Waals surface area contributed by atoms with Crippen LogP contribution in [0.3, 0.4) is 0 Å². The molecular formula is C22H24N2O5S. The van der Waals surface area contributed by atoms with Gasteiger partial charge in [0.25, 0.3) is 0 Å². The third kappa shape index (κ3) is 5.61. The average molecular weight is 429 g/mol. The predicted molar refractivity (Wildman–Crippen MR) is 116 cm³/mol. The van der Waals surface area contributed by atoms with Crippen molar-refractivity contribution in [3.05, 3.63) is 65.7 Å². The molecule has 0 fully saturated rings. The van der Waals surface area contributed by atoms with E-state index in [1.165, 1.54) is 16.7 Å². The monoisotopic (exact) mass is 428 g/mol. The highest BCUT2D eigenvalue weighted by molar-refractivity contribution is 7.98. The number of nitrogens with zero attached hydrogens (tertiary/aromatic N) is 1. The standard InChI is InChI=1S/C22H24N2O5S/c25-20(26)12-24-19-9-5-4-8-16(19)10-11-17(21(24)27)23-18(22(28)29)14-30-13-15-6-2-1-3-7-15/h1-9,17-18,23H,10-14H2,(H,25,26)(H,28,29)/t17-,18-/m0/s1. The van der Waals surface area contributed by atoms with Gasteiger partial charge in [0.1, 0.15) is 12.6 Å². The number of aryl methyl sites for hydroxylation is 1. The molecule has 0 aliphatic carbocycles. The van der Waals surface area contributed by atoms with E-state index in [2.05, 4.69) is 5.32 Å². The number of para-hydroxylation sites is 1. The summed E-state index contributed by atoms with van der Waals surface area (Å²) in [7, 11) is 0. The minimum Gasteiger partial charge on any atom is -0.480 e. The van der Waals surface area contributed by atoms with E-state index < -0.39 is 36.5 Å². The van der Waals surface area contributed by atoms with Crippen LogP contribution in [0.1, 0.15) is 17.5 Å². The number of fused-ring (bicyclic) bond motifs is 1. The zero-order valence-electron chi connectivity index (χ0n) is 16.4. The lowest BCUT2D eigenvalue weighted by atomic mass is 10.1. The molecule has 158 valence electrons. The van der Waals surface area contributed by atoms with Crippen LogP contribution in [0.25, 0.3) is 0 Å². The van der Waals surface area contributed by atoms with Crippen molar-refractivity contribution < 1.29 is 24.6 Å². The molecule has 1 aliphatic rings. The molecule has 7 nitrogen and oxygen atoms in total. The number of nitrogens with one attached hydrogen (secondary N) is 1. The van der Waals surface area contributed by atoms with E-state index in [4.69, 9.17) is 0 Å². The van der Waals surface area contributed by atoms with Gasteiger partial charge in [0.15, 0.2) is 0 Å². The normalized spacial score (nSPS) is 17.1. The molecule has 1 amide bonds. The Hall–Kier alpha value is -2.84. The molecule has 2 aromatic carbocycles. The largest absolute Gasteiger partial charge is 0.480 e. The van der Waals surface area contributed by atoms with Crippen LogP contribution in [0.2, 0.25) is 0 Å². The third-order valence-corrected chi connectivity index (χ3v) is 6.05. The van der Waals surface area contributed by atoms with Crippen LogP contribution in [0.5, 0.6) is 0 Å². The Morgan fingerprint density at radius 1 is 1.10 bits per heavy atom. The summed E-state index contributed by atoms with van der Waals surface area (Å²) in [6.07, 6.45) is 0.957. The number of hydrogen-bond acceptors (Lipinski definition) is 5. The van der Waals surface area contributed by atoms with Crippen LogP contribution < -0.4 is 10.2 Å². The maximum atomic E-state index is 13.1. The lowest BCUT2D eigenvalue weighted by Gasteiger charge is -2.26. The Balaban J connectivity index is 1.70. The maximum absolute atomic E-state index is 13.1. The lowest BCUT2D eigenvalue weighted by Crippen LogP contribution is -2.53. The lowest BCUT2D eigenvalue weighted by molar-refractivity contribution is -0.140. The number of hydrogen-bond donors (Lipinski definition) is 3. The Morgan fingerprint density at radius 2 is 1.80 bits per heavy atom. The summed E-state index contributed by atoms with van der Waals surface area (Å²) >= 11 is 1.47. The molecule has 0 saturated heterocycles. The summed E-state index contributed by atoms with van der Waals surface area (Å²) in [5, 5.41) is 21.9. The van der Waals surface area contributed by atoms with E-state index >= 15 is 0 Å². The fraction of sp³-hybridized carbons (Fsp3) is 0.318. The first-order valence-electron chi connectivity index (χ1n) is 9.67. The van der Waals surface area contributed by atoms with Crippen LogP contribution in [0.4, 0.5) is 5.69 Å². The van der Waals surface area contributed by atoms with E-state index in [0.29, 0.717) is 30.0 Å². The molecule has 2 aromatic rings. The van der Waals surface area contributed by atoms with Crippen LogP contribution in [0, 0.1) is 0 Å². The van der Waals surface area contributed by atoms with Gasteiger partial charge in [-0.2, -0.15) is 11.8 Å². The minimum atomic E-state index is -1.12. The number of carbonyl (C=O) groups excluding carboxylic acids is 1. The quantitative estimate of drug-likeness (QED) is 0.563. The fourth-order valence-corrected chi connectivity index (χ4v) is 4.49. The molecule has 8 heteroatoms. The van der Waals surface area contributed by atoms with Crippen molar-refractivity contribution >= 4 is 35.3 Å². The summed E-state index contributed by atoms with van der Waals surface area (Å²) in [6, 6.07) is 15.3. The maximum Gasteiger partial charge on any atom is 0.323 e. The number of thioether (sulfide) groups is 1. The Morgan fingerprint density at radius 3 is 2.50 bits per heavy atom. The third-order valence-electron chi connectivity index (χ3n) is 4.94. The second-order valence-corrected chi connectivity index (χ2v) is 8.13. The number of rotatable bonds is 9. The van der Waals surface area contributed by atoms with Gasteiger partial charge in [-0.15, -0.1) is 0 Å². The van der Waals surface area contributed by atoms with Gasteiger partial charge in [-0.05, 0) is 30.0 Å². The molecule has 1 heterocycles. The van der Waals surface area contributed by atoms with Crippen LogP contribution >= 0.6 is 11.8 Å². The molecule has 3 N–H and O–H groups in total.